The van der Waals surface area contributed by atoms with Gasteiger partial charge in [0, 0.05) is 11.6 Å². The normalized spacial score (nSPS) is 9.63. The number of halogens is 2. The third-order valence-electron chi connectivity index (χ3n) is 2.27. The van der Waals surface area contributed by atoms with E-state index in [9.17, 15) is 4.39 Å². The SMILES string of the molecule is COc1cc(F)cc(C#Cc2c(N)ncnc2Cl)c1. The van der Waals surface area contributed by atoms with Crippen LogP contribution in [0.2, 0.25) is 5.15 Å². The first-order chi connectivity index (χ1) is 9.10. The third kappa shape index (κ3) is 3.12. The molecule has 19 heavy (non-hydrogen) atoms. The second-order valence-electron chi connectivity index (χ2n) is 3.55. The van der Waals surface area contributed by atoms with Crippen LogP contribution < -0.4 is 10.5 Å². The minimum Gasteiger partial charge on any atom is -0.497 e. The number of anilines is 1. The molecule has 0 radical (unpaired) electrons. The van der Waals surface area contributed by atoms with Gasteiger partial charge < -0.3 is 10.5 Å². The highest BCUT2D eigenvalue weighted by molar-refractivity contribution is 6.30. The molecule has 0 aliphatic heterocycles. The van der Waals surface area contributed by atoms with E-state index in [1.165, 1.54) is 25.6 Å². The van der Waals surface area contributed by atoms with Crippen molar-refractivity contribution in [1.82, 2.24) is 9.97 Å². The molecule has 96 valence electrons. The van der Waals surface area contributed by atoms with Crippen LogP contribution in [0.25, 0.3) is 0 Å². The Kier molecular flexibility index (Phi) is 3.83. The Hall–Kier alpha value is -2.32. The summed E-state index contributed by atoms with van der Waals surface area (Å²) in [7, 11) is 1.45. The van der Waals surface area contributed by atoms with Crippen molar-refractivity contribution in [3.05, 3.63) is 46.6 Å². The summed E-state index contributed by atoms with van der Waals surface area (Å²) in [4.78, 5) is 7.56. The van der Waals surface area contributed by atoms with Crippen molar-refractivity contribution in [3.8, 4) is 17.6 Å². The van der Waals surface area contributed by atoms with E-state index < -0.39 is 5.82 Å². The molecule has 0 saturated heterocycles. The van der Waals surface area contributed by atoms with Gasteiger partial charge in [-0.15, -0.1) is 0 Å². The second kappa shape index (κ2) is 5.55. The fourth-order valence-electron chi connectivity index (χ4n) is 1.38. The standard InChI is InChI=1S/C13H9ClFN3O/c1-19-10-5-8(4-9(15)6-10)2-3-11-12(14)17-7-18-13(11)16/h4-7H,1H3,(H2,16,17,18). The van der Waals surface area contributed by atoms with E-state index in [2.05, 4.69) is 21.8 Å². The fourth-order valence-corrected chi connectivity index (χ4v) is 1.57. The third-order valence-corrected chi connectivity index (χ3v) is 2.56. The molecule has 0 fully saturated rings. The van der Waals surface area contributed by atoms with Crippen molar-refractivity contribution >= 4 is 17.4 Å². The van der Waals surface area contributed by atoms with Gasteiger partial charge in [0.25, 0.3) is 0 Å². The Balaban J connectivity index is 2.42. The van der Waals surface area contributed by atoms with Crippen LogP contribution in [0.3, 0.4) is 0 Å². The average molecular weight is 278 g/mol. The van der Waals surface area contributed by atoms with Gasteiger partial charge in [-0.2, -0.15) is 0 Å². The van der Waals surface area contributed by atoms with Gasteiger partial charge in [-0.1, -0.05) is 23.4 Å². The molecule has 1 heterocycles. The molecule has 0 bridgehead atoms. The second-order valence-corrected chi connectivity index (χ2v) is 3.91. The van der Waals surface area contributed by atoms with E-state index in [0.29, 0.717) is 16.9 Å². The molecule has 0 amide bonds. The Bertz CT molecular complexity index is 659. The molecule has 2 rings (SSSR count). The van der Waals surface area contributed by atoms with Crippen molar-refractivity contribution in [1.29, 1.82) is 0 Å². The van der Waals surface area contributed by atoms with Crippen molar-refractivity contribution < 1.29 is 9.13 Å². The monoisotopic (exact) mass is 277 g/mol. The highest BCUT2D eigenvalue weighted by Gasteiger charge is 2.04. The maximum absolute atomic E-state index is 13.3. The van der Waals surface area contributed by atoms with Gasteiger partial charge in [0.2, 0.25) is 0 Å². The molecular formula is C13H9ClFN3O. The summed E-state index contributed by atoms with van der Waals surface area (Å²) in [5.74, 6) is 5.59. The molecule has 0 aliphatic rings. The molecule has 0 aliphatic carbocycles. The summed E-state index contributed by atoms with van der Waals surface area (Å²) in [6, 6.07) is 4.14. The molecule has 2 aromatic rings. The van der Waals surface area contributed by atoms with E-state index in [1.807, 2.05) is 0 Å². The van der Waals surface area contributed by atoms with Gasteiger partial charge in [-0.3, -0.25) is 0 Å². The van der Waals surface area contributed by atoms with Crippen molar-refractivity contribution in [2.45, 2.75) is 0 Å². The summed E-state index contributed by atoms with van der Waals surface area (Å²) < 4.78 is 18.2. The van der Waals surface area contributed by atoms with Crippen molar-refractivity contribution in [2.75, 3.05) is 12.8 Å². The first-order valence-electron chi connectivity index (χ1n) is 5.22. The van der Waals surface area contributed by atoms with Crippen LogP contribution in [-0.2, 0) is 0 Å². The number of benzene rings is 1. The van der Waals surface area contributed by atoms with E-state index in [0.717, 1.165) is 0 Å². The van der Waals surface area contributed by atoms with Crippen LogP contribution in [-0.4, -0.2) is 17.1 Å². The number of methoxy groups -OCH3 is 1. The molecule has 6 heteroatoms. The van der Waals surface area contributed by atoms with Gasteiger partial charge in [0.1, 0.15) is 34.4 Å². The highest BCUT2D eigenvalue weighted by atomic mass is 35.5. The van der Waals surface area contributed by atoms with Gasteiger partial charge in [0.05, 0.1) is 7.11 Å². The molecular weight excluding hydrogens is 269 g/mol. The van der Waals surface area contributed by atoms with Gasteiger partial charge >= 0.3 is 0 Å². The molecule has 1 aromatic carbocycles. The van der Waals surface area contributed by atoms with Crippen molar-refractivity contribution in [3.63, 3.8) is 0 Å². The van der Waals surface area contributed by atoms with Gasteiger partial charge in [0.15, 0.2) is 0 Å². The van der Waals surface area contributed by atoms with Crippen LogP contribution in [0.15, 0.2) is 24.5 Å². The Morgan fingerprint density at radius 2 is 2.05 bits per heavy atom. The van der Waals surface area contributed by atoms with Crippen LogP contribution in [0.4, 0.5) is 10.2 Å². The summed E-state index contributed by atoms with van der Waals surface area (Å²) in [6.07, 6.45) is 1.24. The number of hydrogen-bond acceptors (Lipinski definition) is 4. The number of nitrogens with two attached hydrogens (primary N) is 1. The van der Waals surface area contributed by atoms with Crippen LogP contribution in [0, 0.1) is 17.7 Å². The smallest absolute Gasteiger partial charge is 0.150 e. The molecule has 4 nitrogen and oxygen atoms in total. The van der Waals surface area contributed by atoms with Gasteiger partial charge in [-0.05, 0) is 12.1 Å². The Morgan fingerprint density at radius 1 is 1.26 bits per heavy atom. The Morgan fingerprint density at radius 3 is 2.74 bits per heavy atom. The summed E-state index contributed by atoms with van der Waals surface area (Å²) in [6.45, 7) is 0. The van der Waals surface area contributed by atoms with E-state index >= 15 is 0 Å². The molecule has 0 saturated carbocycles. The average Bonchev–Trinajstić information content (AvgIpc) is 2.37. The summed E-state index contributed by atoms with van der Waals surface area (Å²) >= 11 is 5.85. The largest absolute Gasteiger partial charge is 0.497 e. The van der Waals surface area contributed by atoms with E-state index in [1.54, 1.807) is 6.07 Å². The number of nitrogen functional groups attached to an aromatic ring is 1. The lowest BCUT2D eigenvalue weighted by Gasteiger charge is -2.00. The lowest BCUT2D eigenvalue weighted by atomic mass is 10.2. The fraction of sp³-hybridized carbons (Fsp3) is 0.0769. The highest BCUT2D eigenvalue weighted by Crippen LogP contribution is 2.17. The lowest BCUT2D eigenvalue weighted by Crippen LogP contribution is -1.96. The van der Waals surface area contributed by atoms with Crippen molar-refractivity contribution in [2.24, 2.45) is 0 Å². The number of aromatic nitrogens is 2. The zero-order valence-corrected chi connectivity index (χ0v) is 10.7. The number of hydrogen-bond donors (Lipinski definition) is 1. The quantitative estimate of drug-likeness (QED) is 0.642. The molecule has 1 aromatic heterocycles. The van der Waals surface area contributed by atoms with E-state index in [-0.39, 0.29) is 11.0 Å². The first kappa shape index (κ1) is 13.1. The summed E-state index contributed by atoms with van der Waals surface area (Å²) in [5.41, 5.74) is 6.39. The van der Waals surface area contributed by atoms with Crippen LogP contribution in [0.1, 0.15) is 11.1 Å². The van der Waals surface area contributed by atoms with E-state index in [4.69, 9.17) is 22.1 Å². The predicted molar refractivity (Wildman–Crippen MR) is 70.4 cm³/mol. The number of nitrogens with zero attached hydrogens (tertiary/aromatic N) is 2. The molecule has 0 atom stereocenters. The topological polar surface area (TPSA) is 61.0 Å². The molecule has 0 spiro atoms. The first-order valence-corrected chi connectivity index (χ1v) is 5.60. The summed E-state index contributed by atoms with van der Waals surface area (Å²) in [5, 5.41) is 0.156. The van der Waals surface area contributed by atoms with Gasteiger partial charge in [-0.25, -0.2) is 14.4 Å². The molecule has 0 unspecified atom stereocenters. The van der Waals surface area contributed by atoms with Crippen LogP contribution in [0.5, 0.6) is 5.75 Å². The minimum atomic E-state index is -0.438. The molecule has 2 N–H and O–H groups in total. The number of rotatable bonds is 1. The predicted octanol–water partition coefficient (Wildman–Crippen LogP) is 2.26. The maximum atomic E-state index is 13.3. The minimum absolute atomic E-state index is 0.156. The maximum Gasteiger partial charge on any atom is 0.150 e. The zero-order chi connectivity index (χ0) is 13.8. The number of ether oxygens (including phenoxy) is 1. The Labute approximate surface area is 114 Å². The zero-order valence-electron chi connectivity index (χ0n) is 9.95. The van der Waals surface area contributed by atoms with Crippen LogP contribution >= 0.6 is 11.6 Å². The lowest BCUT2D eigenvalue weighted by molar-refractivity contribution is 0.411.